The summed E-state index contributed by atoms with van der Waals surface area (Å²) in [7, 11) is 0. The van der Waals surface area contributed by atoms with Crippen LogP contribution in [-0.2, 0) is 0 Å². The third-order valence-corrected chi connectivity index (χ3v) is 27.5. The first-order valence-corrected chi connectivity index (χ1v) is 46.6. The Hall–Kier alpha value is -17.6. The lowest BCUT2D eigenvalue weighted by molar-refractivity contribution is 1.18. The topological polar surface area (TPSA) is 29.6 Å². The van der Waals surface area contributed by atoms with Crippen molar-refractivity contribution in [1.29, 1.82) is 0 Å². The van der Waals surface area contributed by atoms with E-state index < -0.39 is 0 Å². The number of nitrogens with zero attached hydrogens (tertiary/aromatic N) is 6. The van der Waals surface area contributed by atoms with Crippen molar-refractivity contribution in [2.24, 2.45) is 0 Å². The number of aryl methyl sites for hydroxylation is 3. The van der Waals surface area contributed by atoms with Crippen LogP contribution < -0.4 is 0 Å². The Balaban J connectivity index is 0.000000108. The number of rotatable bonds is 12. The largest absolute Gasteiger partial charge is 0.309 e. The van der Waals surface area contributed by atoms with E-state index in [2.05, 4.69) is 540 Å². The van der Waals surface area contributed by atoms with Gasteiger partial charge in [-0.2, -0.15) is 0 Å². The molecule has 27 rings (SSSR count). The van der Waals surface area contributed by atoms with E-state index in [4.69, 9.17) is 0 Å². The molecule has 0 spiro atoms. The van der Waals surface area contributed by atoms with E-state index in [0.717, 1.165) is 0 Å². The molecule has 636 valence electrons. The zero-order valence-corrected chi connectivity index (χ0v) is 74.9. The lowest BCUT2D eigenvalue weighted by atomic mass is 10.0. The molecule has 0 N–H and O–H groups in total. The van der Waals surface area contributed by atoms with Gasteiger partial charge in [0.1, 0.15) is 0 Å². The standard InChI is InChI=1S/3C43H30N2/c1-29-19-22-37-39-28-33(20-23-41(39)44(43(37)25-29)34-14-6-3-7-15-34)32-21-24-42-38(27-32)36-17-8-9-18-40(36)45(42)35-16-10-13-31(26-35)30-11-4-2-5-12-30;1-29-19-22-41-37(25-29)39-28-33(21-24-43(39)45(41)35-16-10-13-31(26-35)30-11-4-2-5-12-30)32-20-23-42-38(27-32)36-17-8-9-18-40(36)44(42)34-14-6-3-7-15-34;1-29-19-22-37-39-28-33(21-24-42(39)45(43(37)25-29)35-16-10-13-31(26-35)30-11-4-2-5-12-30)32-20-23-41-38(27-32)36-17-8-9-18-40(36)44(41)34-14-6-3-7-15-34/h3*2-28H,1H3. The normalized spacial score (nSPS) is 11.7. The average Bonchev–Trinajstić information content (AvgIpc) is 1.72. The van der Waals surface area contributed by atoms with Crippen molar-refractivity contribution < 1.29 is 0 Å². The lowest BCUT2D eigenvalue weighted by Gasteiger charge is -2.11. The molecule has 0 aliphatic rings. The molecule has 0 aliphatic heterocycles. The molecule has 0 aliphatic carbocycles. The Kier molecular flexibility index (Phi) is 19.5. The van der Waals surface area contributed by atoms with Crippen molar-refractivity contribution in [1.82, 2.24) is 27.4 Å². The summed E-state index contributed by atoms with van der Waals surface area (Å²) in [6.07, 6.45) is 0. The van der Waals surface area contributed by atoms with Crippen LogP contribution in [0.4, 0.5) is 0 Å². The minimum atomic E-state index is 1.17. The van der Waals surface area contributed by atoms with E-state index in [-0.39, 0.29) is 0 Å². The fourth-order valence-electron chi connectivity index (χ4n) is 21.2. The van der Waals surface area contributed by atoms with Gasteiger partial charge in [-0.3, -0.25) is 0 Å². The molecule has 0 unspecified atom stereocenters. The highest BCUT2D eigenvalue weighted by Crippen LogP contribution is 2.45. The highest BCUT2D eigenvalue weighted by molar-refractivity contribution is 6.17. The predicted octanol–water partition coefficient (Wildman–Crippen LogP) is 34.6. The highest BCUT2D eigenvalue weighted by atomic mass is 15.0. The maximum atomic E-state index is 2.42. The zero-order chi connectivity index (χ0) is 89.7. The molecular weight excluding hydrogens is 1630 g/mol. The number of para-hydroxylation sites is 6. The van der Waals surface area contributed by atoms with Crippen LogP contribution in [0.3, 0.4) is 0 Å². The van der Waals surface area contributed by atoms with E-state index in [1.165, 1.54) is 248 Å². The molecule has 6 nitrogen and oxygen atoms in total. The summed E-state index contributed by atoms with van der Waals surface area (Å²) in [5, 5.41) is 15.2. The Bertz CT molecular complexity index is 9300. The molecular formula is C129H90N6. The van der Waals surface area contributed by atoms with Gasteiger partial charge < -0.3 is 27.4 Å². The summed E-state index contributed by atoms with van der Waals surface area (Å²) in [6, 6.07) is 179. The van der Waals surface area contributed by atoms with Gasteiger partial charge in [-0.25, -0.2) is 0 Å². The molecule has 135 heavy (non-hydrogen) atoms. The Labute approximate surface area is 782 Å². The van der Waals surface area contributed by atoms with Crippen LogP contribution in [-0.4, -0.2) is 27.4 Å². The van der Waals surface area contributed by atoms with Crippen molar-refractivity contribution >= 4 is 131 Å². The van der Waals surface area contributed by atoms with Crippen LogP contribution in [0.1, 0.15) is 16.7 Å². The first-order chi connectivity index (χ1) is 66.7. The summed E-state index contributed by atoms with van der Waals surface area (Å²) >= 11 is 0. The summed E-state index contributed by atoms with van der Waals surface area (Å²) in [6.45, 7) is 6.52. The number of aromatic nitrogens is 6. The van der Waals surface area contributed by atoms with Gasteiger partial charge in [0, 0.05) is 98.8 Å². The first-order valence-electron chi connectivity index (χ1n) is 46.6. The van der Waals surface area contributed by atoms with E-state index >= 15 is 0 Å². The quantitative estimate of drug-likeness (QED) is 0.117. The van der Waals surface area contributed by atoms with E-state index in [1.54, 1.807) is 0 Å². The monoisotopic (exact) mass is 1720 g/mol. The second-order valence-corrected chi connectivity index (χ2v) is 35.8. The molecule has 0 saturated heterocycles. The van der Waals surface area contributed by atoms with Gasteiger partial charge >= 0.3 is 0 Å². The van der Waals surface area contributed by atoms with E-state index in [9.17, 15) is 0 Å². The molecule has 6 heteroatoms. The second kappa shape index (κ2) is 33.1. The Morgan fingerprint density at radius 3 is 0.593 bits per heavy atom. The first kappa shape index (κ1) is 79.6. The minimum Gasteiger partial charge on any atom is -0.309 e. The van der Waals surface area contributed by atoms with Crippen molar-refractivity contribution in [3.05, 3.63) is 508 Å². The predicted molar refractivity (Wildman–Crippen MR) is 572 cm³/mol. The Morgan fingerprint density at radius 2 is 0.289 bits per heavy atom. The number of benzene rings is 21. The number of hydrogen-bond donors (Lipinski definition) is 0. The maximum absolute atomic E-state index is 2.42. The molecule has 6 heterocycles. The lowest BCUT2D eigenvalue weighted by Crippen LogP contribution is -1.94. The van der Waals surface area contributed by atoms with Crippen LogP contribution in [0.25, 0.3) is 232 Å². The molecule has 21 aromatic carbocycles. The summed E-state index contributed by atoms with van der Waals surface area (Å²) in [5.74, 6) is 0. The fraction of sp³-hybridized carbons (Fsp3) is 0.0233. The molecule has 0 radical (unpaired) electrons. The maximum Gasteiger partial charge on any atom is 0.0543 e. The van der Waals surface area contributed by atoms with Crippen LogP contribution in [0.15, 0.2) is 491 Å². The smallest absolute Gasteiger partial charge is 0.0543 e. The minimum absolute atomic E-state index is 1.17. The van der Waals surface area contributed by atoms with Gasteiger partial charge in [0.2, 0.25) is 0 Å². The number of fused-ring (bicyclic) bond motifs is 18. The molecule has 27 aromatic rings. The van der Waals surface area contributed by atoms with Crippen molar-refractivity contribution in [2.75, 3.05) is 0 Å². The molecule has 0 fully saturated rings. The molecule has 0 saturated carbocycles. The average molecular weight is 1720 g/mol. The highest BCUT2D eigenvalue weighted by Gasteiger charge is 2.23. The molecule has 0 atom stereocenters. The van der Waals surface area contributed by atoms with E-state index in [1.807, 2.05) is 0 Å². The second-order valence-electron chi connectivity index (χ2n) is 35.8. The van der Waals surface area contributed by atoms with Gasteiger partial charge in [-0.1, -0.05) is 309 Å². The summed E-state index contributed by atoms with van der Waals surface area (Å²) < 4.78 is 14.4. The van der Waals surface area contributed by atoms with Crippen LogP contribution >= 0.6 is 0 Å². The molecule has 0 amide bonds. The van der Waals surface area contributed by atoms with Crippen LogP contribution in [0, 0.1) is 20.8 Å². The fourth-order valence-corrected chi connectivity index (χ4v) is 21.2. The SMILES string of the molecule is Cc1ccc2c(c1)c1cc(-c3ccc4c(c3)c3ccccc3n4-c3ccccc3)ccc1n2-c1cccc(-c2ccccc2)c1.Cc1ccc2c3cc(-c4ccc5c(c4)c4ccccc4n5-c4cccc(-c5ccccc5)c4)ccc3n(-c3ccccc3)c2c1.Cc1ccc2c3cc(-c4ccc5c(c4)c4ccccc4n5-c4ccccc4)ccc3n(-c3cccc(-c4ccccc4)c3)c2c1. The zero-order valence-electron chi connectivity index (χ0n) is 74.9. The summed E-state index contributed by atoms with van der Waals surface area (Å²) in [5.41, 5.74) is 40.1. The third-order valence-electron chi connectivity index (χ3n) is 27.5. The molecule has 6 aromatic heterocycles. The third kappa shape index (κ3) is 14.0. The summed E-state index contributed by atoms with van der Waals surface area (Å²) in [4.78, 5) is 0. The van der Waals surface area contributed by atoms with E-state index in [0.29, 0.717) is 0 Å². The van der Waals surface area contributed by atoms with Crippen molar-refractivity contribution in [3.63, 3.8) is 0 Å². The van der Waals surface area contributed by atoms with Gasteiger partial charge in [-0.15, -0.1) is 0 Å². The van der Waals surface area contributed by atoms with Crippen molar-refractivity contribution in [3.8, 4) is 101 Å². The van der Waals surface area contributed by atoms with Gasteiger partial charge in [0.15, 0.2) is 0 Å². The van der Waals surface area contributed by atoms with Gasteiger partial charge in [-0.05, 0) is 287 Å². The van der Waals surface area contributed by atoms with Crippen molar-refractivity contribution in [2.45, 2.75) is 20.8 Å². The van der Waals surface area contributed by atoms with Crippen LogP contribution in [0.2, 0.25) is 0 Å². The van der Waals surface area contributed by atoms with Gasteiger partial charge in [0.05, 0.1) is 66.2 Å². The van der Waals surface area contributed by atoms with Crippen LogP contribution in [0.5, 0.6) is 0 Å². The number of hydrogen-bond acceptors (Lipinski definition) is 0. The van der Waals surface area contributed by atoms with Gasteiger partial charge in [0.25, 0.3) is 0 Å². The Morgan fingerprint density at radius 1 is 0.104 bits per heavy atom. The molecule has 0 bridgehead atoms.